The Balaban J connectivity index is 1.34. The van der Waals surface area contributed by atoms with Crippen LogP contribution >= 0.6 is 11.6 Å². The van der Waals surface area contributed by atoms with Crippen molar-refractivity contribution in [2.45, 2.75) is 32.6 Å². The number of carbonyl (C=O) groups excluding carboxylic acids is 1. The first kappa shape index (κ1) is 18.3. The van der Waals surface area contributed by atoms with E-state index in [2.05, 4.69) is 4.98 Å². The van der Waals surface area contributed by atoms with Crippen molar-refractivity contribution in [3.63, 3.8) is 0 Å². The number of nitrogens with zero attached hydrogens (tertiary/aromatic N) is 2. The Morgan fingerprint density at radius 2 is 1.86 bits per heavy atom. The fraction of sp³-hybridized carbons (Fsp3) is 0.304. The number of aromatic nitrogens is 1. The Hall–Kier alpha value is -2.79. The minimum Gasteiger partial charge on any atom is -0.451 e. The topological polar surface area (TPSA) is 59.5 Å². The zero-order valence-electron chi connectivity index (χ0n) is 16.4. The SMILES string of the molecule is Cc1cc2oc(C(=O)N3CCC(c4nc5ccccc5o4)CC3)c(C)c2cc1Cl. The fourth-order valence-corrected chi connectivity index (χ4v) is 4.25. The van der Waals surface area contributed by atoms with Gasteiger partial charge in [-0.05, 0) is 56.5 Å². The third-order valence-corrected chi connectivity index (χ3v) is 6.26. The minimum atomic E-state index is -0.0662. The Bertz CT molecular complexity index is 1200. The van der Waals surface area contributed by atoms with E-state index in [9.17, 15) is 4.79 Å². The van der Waals surface area contributed by atoms with Gasteiger partial charge in [0, 0.05) is 35.0 Å². The summed E-state index contributed by atoms with van der Waals surface area (Å²) in [4.78, 5) is 19.6. The van der Waals surface area contributed by atoms with E-state index < -0.39 is 0 Å². The Morgan fingerprint density at radius 1 is 1.10 bits per heavy atom. The van der Waals surface area contributed by atoms with Gasteiger partial charge in [-0.1, -0.05) is 23.7 Å². The van der Waals surface area contributed by atoms with Crippen molar-refractivity contribution >= 4 is 39.6 Å². The summed E-state index contributed by atoms with van der Waals surface area (Å²) in [6.45, 7) is 5.14. The number of likely N-dealkylation sites (tertiary alicyclic amines) is 1. The largest absolute Gasteiger partial charge is 0.451 e. The average Bonchev–Trinajstić information content (AvgIpc) is 3.30. The molecule has 0 N–H and O–H groups in total. The smallest absolute Gasteiger partial charge is 0.289 e. The van der Waals surface area contributed by atoms with Crippen LogP contribution in [0.4, 0.5) is 0 Å². The van der Waals surface area contributed by atoms with Gasteiger partial charge in [0.05, 0.1) is 0 Å². The molecule has 1 saturated heterocycles. The van der Waals surface area contributed by atoms with Gasteiger partial charge in [-0.3, -0.25) is 4.79 Å². The summed E-state index contributed by atoms with van der Waals surface area (Å²) < 4.78 is 11.8. The van der Waals surface area contributed by atoms with E-state index in [-0.39, 0.29) is 11.8 Å². The van der Waals surface area contributed by atoms with Crippen LogP contribution in [0.3, 0.4) is 0 Å². The number of hydrogen-bond donors (Lipinski definition) is 0. The number of rotatable bonds is 2. The number of halogens is 1. The molecule has 0 atom stereocenters. The van der Waals surface area contributed by atoms with Crippen LogP contribution in [0.5, 0.6) is 0 Å². The maximum Gasteiger partial charge on any atom is 0.289 e. The van der Waals surface area contributed by atoms with E-state index >= 15 is 0 Å². The summed E-state index contributed by atoms with van der Waals surface area (Å²) in [5.41, 5.74) is 4.17. The second-order valence-corrected chi connectivity index (χ2v) is 8.15. The van der Waals surface area contributed by atoms with Crippen molar-refractivity contribution in [1.82, 2.24) is 9.88 Å². The second-order valence-electron chi connectivity index (χ2n) is 7.74. The second kappa shape index (κ2) is 6.92. The molecular weight excluding hydrogens is 388 g/mol. The van der Waals surface area contributed by atoms with Crippen molar-refractivity contribution < 1.29 is 13.6 Å². The van der Waals surface area contributed by atoms with E-state index in [1.165, 1.54) is 0 Å². The molecule has 6 heteroatoms. The number of furan rings is 1. The van der Waals surface area contributed by atoms with E-state index in [4.69, 9.17) is 20.4 Å². The lowest BCUT2D eigenvalue weighted by molar-refractivity contribution is 0.0676. The van der Waals surface area contributed by atoms with E-state index in [1.807, 2.05) is 55.1 Å². The lowest BCUT2D eigenvalue weighted by Crippen LogP contribution is -2.38. The first-order valence-electron chi connectivity index (χ1n) is 9.85. The van der Waals surface area contributed by atoms with Crippen LogP contribution in [-0.4, -0.2) is 28.9 Å². The first-order chi connectivity index (χ1) is 14.0. The van der Waals surface area contributed by atoms with Gasteiger partial charge in [-0.15, -0.1) is 0 Å². The summed E-state index contributed by atoms with van der Waals surface area (Å²) >= 11 is 6.25. The standard InChI is InChI=1S/C23H21ClN2O3/c1-13-11-20-16(12-17(13)24)14(2)21(28-20)23(27)26-9-7-15(8-10-26)22-25-18-5-3-4-6-19(18)29-22/h3-6,11-12,15H,7-10H2,1-2H3. The molecule has 1 amide bonds. The predicted molar refractivity (Wildman–Crippen MR) is 113 cm³/mol. The van der Waals surface area contributed by atoms with Crippen LogP contribution in [0, 0.1) is 13.8 Å². The van der Waals surface area contributed by atoms with Gasteiger partial charge >= 0.3 is 0 Å². The van der Waals surface area contributed by atoms with Crippen LogP contribution in [0.25, 0.3) is 22.1 Å². The normalized spacial score (nSPS) is 15.5. The summed E-state index contributed by atoms with van der Waals surface area (Å²) in [6, 6.07) is 11.6. The molecule has 148 valence electrons. The van der Waals surface area contributed by atoms with E-state index in [0.29, 0.717) is 29.5 Å². The van der Waals surface area contributed by atoms with E-state index in [0.717, 1.165) is 46.3 Å². The number of benzene rings is 2. The highest BCUT2D eigenvalue weighted by Crippen LogP contribution is 2.33. The zero-order valence-corrected chi connectivity index (χ0v) is 17.1. The van der Waals surface area contributed by atoms with Crippen LogP contribution in [-0.2, 0) is 0 Å². The minimum absolute atomic E-state index is 0.0662. The van der Waals surface area contributed by atoms with Crippen molar-refractivity contribution in [2.75, 3.05) is 13.1 Å². The number of carbonyl (C=O) groups is 1. The van der Waals surface area contributed by atoms with Crippen LogP contribution < -0.4 is 0 Å². The van der Waals surface area contributed by atoms with Crippen molar-refractivity contribution in [1.29, 1.82) is 0 Å². The highest BCUT2D eigenvalue weighted by atomic mass is 35.5. The van der Waals surface area contributed by atoms with Gasteiger partial charge in [0.25, 0.3) is 5.91 Å². The predicted octanol–water partition coefficient (Wildman–Crippen LogP) is 5.86. The molecule has 1 aliphatic rings. The van der Waals surface area contributed by atoms with Crippen molar-refractivity contribution in [2.24, 2.45) is 0 Å². The molecule has 0 spiro atoms. The molecule has 2 aromatic carbocycles. The Morgan fingerprint density at radius 3 is 2.62 bits per heavy atom. The third-order valence-electron chi connectivity index (χ3n) is 5.85. The number of piperidine rings is 1. The molecule has 0 saturated carbocycles. The highest BCUT2D eigenvalue weighted by molar-refractivity contribution is 6.32. The monoisotopic (exact) mass is 408 g/mol. The maximum absolute atomic E-state index is 13.1. The maximum atomic E-state index is 13.1. The van der Waals surface area contributed by atoms with Gasteiger partial charge in [-0.2, -0.15) is 0 Å². The zero-order chi connectivity index (χ0) is 20.1. The molecule has 5 nitrogen and oxygen atoms in total. The molecule has 1 aliphatic heterocycles. The molecule has 0 aliphatic carbocycles. The number of aryl methyl sites for hydroxylation is 2. The van der Waals surface area contributed by atoms with Gasteiger partial charge in [-0.25, -0.2) is 4.98 Å². The number of amides is 1. The molecule has 3 heterocycles. The van der Waals surface area contributed by atoms with Gasteiger partial charge < -0.3 is 13.7 Å². The lowest BCUT2D eigenvalue weighted by Gasteiger charge is -2.30. The van der Waals surface area contributed by atoms with Gasteiger partial charge in [0.2, 0.25) is 0 Å². The van der Waals surface area contributed by atoms with Crippen molar-refractivity contribution in [3.05, 3.63) is 64.2 Å². The van der Waals surface area contributed by atoms with Crippen LogP contribution in [0.2, 0.25) is 5.02 Å². The number of para-hydroxylation sites is 2. The first-order valence-corrected chi connectivity index (χ1v) is 10.2. The summed E-state index contributed by atoms with van der Waals surface area (Å²) in [6.07, 6.45) is 1.64. The summed E-state index contributed by atoms with van der Waals surface area (Å²) in [7, 11) is 0. The van der Waals surface area contributed by atoms with Gasteiger partial charge in [0.15, 0.2) is 17.2 Å². The van der Waals surface area contributed by atoms with Crippen LogP contribution in [0.15, 0.2) is 45.2 Å². The molecular formula is C23H21ClN2O3. The highest BCUT2D eigenvalue weighted by Gasteiger charge is 2.30. The summed E-state index contributed by atoms with van der Waals surface area (Å²) in [5, 5.41) is 1.57. The van der Waals surface area contributed by atoms with Crippen molar-refractivity contribution in [3.8, 4) is 0 Å². The summed E-state index contributed by atoms with van der Waals surface area (Å²) in [5.74, 6) is 1.33. The number of hydrogen-bond acceptors (Lipinski definition) is 4. The fourth-order valence-electron chi connectivity index (χ4n) is 4.08. The quantitative estimate of drug-likeness (QED) is 0.416. The van der Waals surface area contributed by atoms with Gasteiger partial charge in [0.1, 0.15) is 11.1 Å². The Kier molecular flexibility index (Phi) is 4.36. The molecule has 2 aromatic heterocycles. The Labute approximate surface area is 173 Å². The molecule has 0 unspecified atom stereocenters. The molecule has 0 bridgehead atoms. The molecule has 5 rings (SSSR count). The number of fused-ring (bicyclic) bond motifs is 2. The van der Waals surface area contributed by atoms with E-state index in [1.54, 1.807) is 0 Å². The molecule has 1 fully saturated rings. The molecule has 0 radical (unpaired) electrons. The average molecular weight is 409 g/mol. The molecule has 29 heavy (non-hydrogen) atoms. The lowest BCUT2D eigenvalue weighted by atomic mass is 9.96. The molecule has 4 aromatic rings. The number of oxazole rings is 1. The third kappa shape index (κ3) is 3.10. The van der Waals surface area contributed by atoms with Crippen LogP contribution in [0.1, 0.15) is 46.3 Å².